The molecule has 0 saturated carbocycles. The summed E-state index contributed by atoms with van der Waals surface area (Å²) in [7, 11) is 0. The standard InChI is InChI=1S/C15H20N2O4/c1-9(2)13-8-21-14-6-11(15(19)16-20)4-5-12(14)7-17(13)10(3)18/h4-6,9,13,20H,7-8H2,1-3H3,(H,16,19)/t13-/m1/s1. The number of carbonyl (C=O) groups is 2. The molecule has 0 radical (unpaired) electrons. The van der Waals surface area contributed by atoms with Gasteiger partial charge in [0, 0.05) is 24.6 Å². The Morgan fingerprint density at radius 3 is 2.71 bits per heavy atom. The van der Waals surface area contributed by atoms with E-state index in [1.54, 1.807) is 35.5 Å². The Morgan fingerprint density at radius 1 is 1.43 bits per heavy atom. The van der Waals surface area contributed by atoms with E-state index in [1.165, 1.54) is 0 Å². The second kappa shape index (κ2) is 6.13. The first-order valence-electron chi connectivity index (χ1n) is 6.91. The van der Waals surface area contributed by atoms with Gasteiger partial charge in [0.15, 0.2) is 0 Å². The molecule has 2 rings (SSSR count). The Labute approximate surface area is 123 Å². The molecule has 0 bridgehead atoms. The fourth-order valence-electron chi connectivity index (χ4n) is 2.49. The molecule has 0 aliphatic carbocycles. The van der Waals surface area contributed by atoms with Crippen LogP contribution >= 0.6 is 0 Å². The van der Waals surface area contributed by atoms with Gasteiger partial charge in [-0.15, -0.1) is 0 Å². The van der Waals surface area contributed by atoms with Crippen molar-refractivity contribution in [1.29, 1.82) is 0 Å². The van der Waals surface area contributed by atoms with Gasteiger partial charge in [-0.1, -0.05) is 19.9 Å². The third-order valence-corrected chi connectivity index (χ3v) is 3.76. The van der Waals surface area contributed by atoms with Crippen molar-refractivity contribution in [1.82, 2.24) is 10.4 Å². The monoisotopic (exact) mass is 292 g/mol. The van der Waals surface area contributed by atoms with Crippen molar-refractivity contribution in [2.45, 2.75) is 33.4 Å². The summed E-state index contributed by atoms with van der Waals surface area (Å²) in [6, 6.07) is 4.92. The minimum Gasteiger partial charge on any atom is -0.491 e. The SMILES string of the molecule is CC(=O)N1Cc2ccc(C(=O)NO)cc2OC[C@@H]1C(C)C. The maximum absolute atomic E-state index is 11.9. The van der Waals surface area contributed by atoms with Crippen molar-refractivity contribution < 1.29 is 19.5 Å². The number of hydroxylamine groups is 1. The highest BCUT2D eigenvalue weighted by Gasteiger charge is 2.29. The first-order chi connectivity index (χ1) is 9.93. The summed E-state index contributed by atoms with van der Waals surface area (Å²) in [5.41, 5.74) is 2.76. The summed E-state index contributed by atoms with van der Waals surface area (Å²) >= 11 is 0. The molecule has 0 saturated heterocycles. The molecular weight excluding hydrogens is 272 g/mol. The van der Waals surface area contributed by atoms with Crippen LogP contribution in [-0.4, -0.2) is 34.6 Å². The van der Waals surface area contributed by atoms with Crippen molar-refractivity contribution in [3.8, 4) is 5.75 Å². The molecule has 1 aromatic rings. The van der Waals surface area contributed by atoms with Crippen LogP contribution in [0.1, 0.15) is 36.7 Å². The molecule has 114 valence electrons. The van der Waals surface area contributed by atoms with E-state index in [4.69, 9.17) is 9.94 Å². The van der Waals surface area contributed by atoms with Crippen molar-refractivity contribution in [3.05, 3.63) is 29.3 Å². The van der Waals surface area contributed by atoms with Gasteiger partial charge in [-0.2, -0.15) is 0 Å². The van der Waals surface area contributed by atoms with Crippen LogP contribution in [-0.2, 0) is 11.3 Å². The average molecular weight is 292 g/mol. The summed E-state index contributed by atoms with van der Waals surface area (Å²) in [5.74, 6) is 0.255. The lowest BCUT2D eigenvalue weighted by molar-refractivity contribution is -0.133. The van der Waals surface area contributed by atoms with E-state index in [9.17, 15) is 9.59 Å². The number of hydrogen-bond acceptors (Lipinski definition) is 4. The Kier molecular flexibility index (Phi) is 4.47. The van der Waals surface area contributed by atoms with Gasteiger partial charge in [0.05, 0.1) is 6.04 Å². The highest BCUT2D eigenvalue weighted by molar-refractivity contribution is 5.93. The normalized spacial score (nSPS) is 17.8. The summed E-state index contributed by atoms with van der Waals surface area (Å²) in [6.07, 6.45) is 0. The smallest absolute Gasteiger partial charge is 0.274 e. The number of nitrogens with zero attached hydrogens (tertiary/aromatic N) is 1. The molecule has 0 aromatic heterocycles. The molecule has 0 unspecified atom stereocenters. The molecule has 6 heteroatoms. The molecule has 1 atom stereocenters. The summed E-state index contributed by atoms with van der Waals surface area (Å²) in [4.78, 5) is 25.1. The summed E-state index contributed by atoms with van der Waals surface area (Å²) in [6.45, 7) is 6.48. The lowest BCUT2D eigenvalue weighted by Gasteiger charge is -2.31. The lowest BCUT2D eigenvalue weighted by atomic mass is 10.0. The fourth-order valence-corrected chi connectivity index (χ4v) is 2.49. The zero-order chi connectivity index (χ0) is 15.6. The maximum atomic E-state index is 11.9. The molecule has 1 heterocycles. The molecule has 2 amide bonds. The number of rotatable bonds is 2. The van der Waals surface area contributed by atoms with E-state index in [-0.39, 0.29) is 17.9 Å². The average Bonchev–Trinajstić information content (AvgIpc) is 2.65. The quantitative estimate of drug-likeness (QED) is 0.640. The van der Waals surface area contributed by atoms with Crippen molar-refractivity contribution in [2.75, 3.05) is 6.61 Å². The van der Waals surface area contributed by atoms with Gasteiger partial charge in [0.2, 0.25) is 5.91 Å². The van der Waals surface area contributed by atoms with Crippen LogP contribution in [0.15, 0.2) is 18.2 Å². The summed E-state index contributed by atoms with van der Waals surface area (Å²) in [5, 5.41) is 8.68. The number of fused-ring (bicyclic) bond motifs is 1. The van der Waals surface area contributed by atoms with Gasteiger partial charge in [0.25, 0.3) is 5.91 Å². The molecule has 1 aliphatic heterocycles. The van der Waals surface area contributed by atoms with Gasteiger partial charge in [-0.05, 0) is 18.1 Å². The Hall–Kier alpha value is -2.08. The number of ether oxygens (including phenoxy) is 1. The van der Waals surface area contributed by atoms with E-state index in [2.05, 4.69) is 0 Å². The number of carbonyl (C=O) groups excluding carboxylic acids is 2. The molecule has 2 N–H and O–H groups in total. The molecule has 0 spiro atoms. The maximum Gasteiger partial charge on any atom is 0.274 e. The van der Waals surface area contributed by atoms with Gasteiger partial charge < -0.3 is 9.64 Å². The number of nitrogens with one attached hydrogen (secondary N) is 1. The summed E-state index contributed by atoms with van der Waals surface area (Å²) < 4.78 is 5.78. The van der Waals surface area contributed by atoms with Crippen LogP contribution in [0.3, 0.4) is 0 Å². The second-order valence-corrected chi connectivity index (χ2v) is 5.53. The minimum absolute atomic E-state index is 0.00216. The highest BCUT2D eigenvalue weighted by atomic mass is 16.5. The van der Waals surface area contributed by atoms with Crippen LogP contribution < -0.4 is 10.2 Å². The van der Waals surface area contributed by atoms with Crippen molar-refractivity contribution in [2.24, 2.45) is 5.92 Å². The third-order valence-electron chi connectivity index (χ3n) is 3.76. The van der Waals surface area contributed by atoms with E-state index in [1.807, 2.05) is 13.8 Å². The van der Waals surface area contributed by atoms with E-state index >= 15 is 0 Å². The Morgan fingerprint density at radius 2 is 2.14 bits per heavy atom. The Balaban J connectivity index is 2.35. The lowest BCUT2D eigenvalue weighted by Crippen LogP contribution is -2.43. The van der Waals surface area contributed by atoms with E-state index in [0.717, 1.165) is 5.56 Å². The van der Waals surface area contributed by atoms with Crippen LogP contribution in [0.4, 0.5) is 0 Å². The van der Waals surface area contributed by atoms with Gasteiger partial charge in [-0.25, -0.2) is 5.48 Å². The zero-order valence-electron chi connectivity index (χ0n) is 12.4. The third kappa shape index (κ3) is 3.16. The molecule has 6 nitrogen and oxygen atoms in total. The molecular formula is C15H20N2O4. The van der Waals surface area contributed by atoms with Crippen LogP contribution in [0.2, 0.25) is 0 Å². The van der Waals surface area contributed by atoms with Crippen molar-refractivity contribution in [3.63, 3.8) is 0 Å². The number of benzene rings is 1. The molecule has 0 fully saturated rings. The van der Waals surface area contributed by atoms with Gasteiger partial charge in [0.1, 0.15) is 12.4 Å². The number of hydrogen-bond donors (Lipinski definition) is 2. The topological polar surface area (TPSA) is 78.9 Å². The van der Waals surface area contributed by atoms with E-state index in [0.29, 0.717) is 24.5 Å². The second-order valence-electron chi connectivity index (χ2n) is 5.53. The van der Waals surface area contributed by atoms with Crippen LogP contribution in [0.5, 0.6) is 5.75 Å². The first-order valence-corrected chi connectivity index (χ1v) is 6.91. The molecule has 1 aromatic carbocycles. The number of amides is 2. The predicted molar refractivity (Wildman–Crippen MR) is 76.0 cm³/mol. The molecule has 21 heavy (non-hydrogen) atoms. The van der Waals surface area contributed by atoms with Crippen LogP contribution in [0, 0.1) is 5.92 Å². The Bertz CT molecular complexity index is 557. The van der Waals surface area contributed by atoms with Crippen molar-refractivity contribution >= 4 is 11.8 Å². The fraction of sp³-hybridized carbons (Fsp3) is 0.467. The molecule has 1 aliphatic rings. The highest BCUT2D eigenvalue weighted by Crippen LogP contribution is 2.28. The largest absolute Gasteiger partial charge is 0.491 e. The predicted octanol–water partition coefficient (Wildman–Crippen LogP) is 1.57. The van der Waals surface area contributed by atoms with E-state index < -0.39 is 5.91 Å². The van der Waals surface area contributed by atoms with Gasteiger partial charge >= 0.3 is 0 Å². The zero-order valence-corrected chi connectivity index (χ0v) is 12.4. The van der Waals surface area contributed by atoms with Crippen LogP contribution in [0.25, 0.3) is 0 Å². The first kappa shape index (κ1) is 15.3. The van der Waals surface area contributed by atoms with Gasteiger partial charge in [-0.3, -0.25) is 14.8 Å². The minimum atomic E-state index is -0.588.